The average molecular weight is 315 g/mol. The van der Waals surface area contributed by atoms with Crippen molar-refractivity contribution in [3.63, 3.8) is 0 Å². The first-order chi connectivity index (χ1) is 10.8. The Morgan fingerprint density at radius 2 is 0.864 bits per heavy atom. The van der Waals surface area contributed by atoms with E-state index in [-0.39, 0.29) is 0 Å². The highest BCUT2D eigenvalue weighted by molar-refractivity contribution is 4.57. The lowest BCUT2D eigenvalue weighted by Crippen LogP contribution is -2.27. The first-order valence-corrected chi connectivity index (χ1v) is 10.2. The largest absolute Gasteiger partial charge is 0.330 e. The molecule has 0 heterocycles. The Morgan fingerprint density at radius 1 is 0.500 bits per heavy atom. The summed E-state index contributed by atoms with van der Waals surface area (Å²) in [6.45, 7) is 13.9. The second kappa shape index (κ2) is 23.2. The van der Waals surface area contributed by atoms with E-state index < -0.39 is 0 Å². The highest BCUT2D eigenvalue weighted by Gasteiger charge is 2.01. The van der Waals surface area contributed by atoms with Gasteiger partial charge in [-0.1, -0.05) is 79.1 Å². The molecule has 2 heteroatoms. The summed E-state index contributed by atoms with van der Waals surface area (Å²) >= 11 is 0. The molecule has 0 aromatic heterocycles. The van der Waals surface area contributed by atoms with Gasteiger partial charge in [-0.2, -0.15) is 0 Å². The molecule has 2 nitrogen and oxygen atoms in total. The first kappa shape index (κ1) is 24.2. The molecular weight excluding hydrogens is 268 g/mol. The maximum atomic E-state index is 5.34. The summed E-state index contributed by atoms with van der Waals surface area (Å²) in [6, 6.07) is 0. The third kappa shape index (κ3) is 22.2. The van der Waals surface area contributed by atoms with E-state index >= 15 is 0 Å². The predicted octanol–water partition coefficient (Wildman–Crippen LogP) is 5.99. The first-order valence-electron chi connectivity index (χ1n) is 10.2. The van der Waals surface area contributed by atoms with Gasteiger partial charge in [0.1, 0.15) is 0 Å². The standard InChI is InChI=1S/C12H27N.C8H19N/c1-4-7-10-13(11-8-5-2)12-9-6-3;1-2-3-4-5-6-7-8-9/h4-12H2,1-3H3;2-9H2,1H3. The summed E-state index contributed by atoms with van der Waals surface area (Å²) in [5.74, 6) is 0. The van der Waals surface area contributed by atoms with E-state index in [0.29, 0.717) is 0 Å². The summed E-state index contributed by atoms with van der Waals surface area (Å²) in [5, 5.41) is 0. The minimum absolute atomic E-state index is 0.867. The molecule has 0 unspecified atom stereocenters. The highest BCUT2D eigenvalue weighted by Crippen LogP contribution is 2.03. The Labute approximate surface area is 142 Å². The fourth-order valence-corrected chi connectivity index (χ4v) is 2.41. The quantitative estimate of drug-likeness (QED) is 0.376. The molecule has 0 radical (unpaired) electrons. The second-order valence-electron chi connectivity index (χ2n) is 6.46. The molecule has 0 bridgehead atoms. The van der Waals surface area contributed by atoms with Crippen LogP contribution >= 0.6 is 0 Å². The number of unbranched alkanes of at least 4 members (excludes halogenated alkanes) is 8. The minimum atomic E-state index is 0.867. The molecule has 0 amide bonds. The molecule has 0 spiro atoms. The topological polar surface area (TPSA) is 29.3 Å². The SMILES string of the molecule is CCCCCCCCN.CCCCN(CCCC)CCCC. The molecule has 136 valence electrons. The molecule has 0 aromatic rings. The van der Waals surface area contributed by atoms with Crippen LogP contribution in [0.1, 0.15) is 105 Å². The van der Waals surface area contributed by atoms with Crippen molar-refractivity contribution in [2.75, 3.05) is 26.2 Å². The van der Waals surface area contributed by atoms with Gasteiger partial charge < -0.3 is 10.6 Å². The molecule has 0 saturated heterocycles. The number of hydrogen-bond acceptors (Lipinski definition) is 2. The number of hydrogen-bond donors (Lipinski definition) is 1. The maximum absolute atomic E-state index is 5.34. The van der Waals surface area contributed by atoms with Gasteiger partial charge in [-0.3, -0.25) is 0 Å². The average Bonchev–Trinajstić information content (AvgIpc) is 2.55. The van der Waals surface area contributed by atoms with E-state index in [9.17, 15) is 0 Å². The zero-order valence-electron chi connectivity index (χ0n) is 16.3. The summed E-state index contributed by atoms with van der Waals surface area (Å²) in [6.07, 6.45) is 16.1. The summed E-state index contributed by atoms with van der Waals surface area (Å²) in [5.41, 5.74) is 5.34. The molecule has 22 heavy (non-hydrogen) atoms. The predicted molar refractivity (Wildman–Crippen MR) is 104 cm³/mol. The molecule has 0 atom stereocenters. The number of rotatable bonds is 15. The van der Waals surface area contributed by atoms with Crippen molar-refractivity contribution in [1.82, 2.24) is 4.90 Å². The lowest BCUT2D eigenvalue weighted by atomic mass is 10.1. The number of nitrogens with two attached hydrogens (primary N) is 1. The molecule has 0 rings (SSSR count). The van der Waals surface area contributed by atoms with E-state index in [1.807, 2.05) is 0 Å². The van der Waals surface area contributed by atoms with Gasteiger partial charge in [0.15, 0.2) is 0 Å². The monoisotopic (exact) mass is 314 g/mol. The van der Waals surface area contributed by atoms with Crippen molar-refractivity contribution in [3.05, 3.63) is 0 Å². The van der Waals surface area contributed by atoms with Crippen LogP contribution < -0.4 is 5.73 Å². The molecule has 0 aliphatic rings. The van der Waals surface area contributed by atoms with Gasteiger partial charge in [0, 0.05) is 0 Å². The van der Waals surface area contributed by atoms with Crippen molar-refractivity contribution in [3.8, 4) is 0 Å². The highest BCUT2D eigenvalue weighted by atomic mass is 15.1. The van der Waals surface area contributed by atoms with Gasteiger partial charge in [-0.25, -0.2) is 0 Å². The Kier molecular flexibility index (Phi) is 25.5. The van der Waals surface area contributed by atoms with Gasteiger partial charge in [0.05, 0.1) is 0 Å². The van der Waals surface area contributed by atoms with Crippen LogP contribution in [0.25, 0.3) is 0 Å². The third-order valence-corrected chi connectivity index (χ3v) is 4.04. The van der Waals surface area contributed by atoms with Crippen LogP contribution in [0.2, 0.25) is 0 Å². The van der Waals surface area contributed by atoms with Crippen molar-refractivity contribution >= 4 is 0 Å². The lowest BCUT2D eigenvalue weighted by Gasteiger charge is -2.21. The molecule has 0 saturated carbocycles. The van der Waals surface area contributed by atoms with Crippen LogP contribution in [0.5, 0.6) is 0 Å². The molecule has 2 N–H and O–H groups in total. The molecular formula is C20H46N2. The van der Waals surface area contributed by atoms with Gasteiger partial charge in [-0.05, 0) is 51.9 Å². The normalized spacial score (nSPS) is 10.6. The Bertz CT molecular complexity index is 146. The minimum Gasteiger partial charge on any atom is -0.330 e. The van der Waals surface area contributed by atoms with Crippen molar-refractivity contribution in [2.24, 2.45) is 5.73 Å². The second-order valence-corrected chi connectivity index (χ2v) is 6.46. The van der Waals surface area contributed by atoms with Crippen molar-refractivity contribution in [1.29, 1.82) is 0 Å². The van der Waals surface area contributed by atoms with E-state index in [1.165, 1.54) is 96.7 Å². The fourth-order valence-electron chi connectivity index (χ4n) is 2.41. The Hall–Kier alpha value is -0.0800. The molecule has 0 fully saturated rings. The van der Waals surface area contributed by atoms with Crippen LogP contribution in [0.15, 0.2) is 0 Å². The smallest absolute Gasteiger partial charge is 0.00188 e. The van der Waals surface area contributed by atoms with Gasteiger partial charge in [0.2, 0.25) is 0 Å². The van der Waals surface area contributed by atoms with Crippen LogP contribution in [0, 0.1) is 0 Å². The lowest BCUT2D eigenvalue weighted by molar-refractivity contribution is 0.261. The van der Waals surface area contributed by atoms with E-state index in [2.05, 4.69) is 32.6 Å². The number of nitrogens with zero attached hydrogens (tertiary/aromatic N) is 1. The molecule has 0 aliphatic carbocycles. The van der Waals surface area contributed by atoms with Crippen LogP contribution in [0.3, 0.4) is 0 Å². The zero-order valence-corrected chi connectivity index (χ0v) is 16.3. The summed E-state index contributed by atoms with van der Waals surface area (Å²) < 4.78 is 0. The van der Waals surface area contributed by atoms with E-state index in [1.54, 1.807) is 0 Å². The van der Waals surface area contributed by atoms with Gasteiger partial charge >= 0.3 is 0 Å². The van der Waals surface area contributed by atoms with E-state index in [0.717, 1.165) is 6.54 Å². The van der Waals surface area contributed by atoms with E-state index in [4.69, 9.17) is 5.73 Å². The van der Waals surface area contributed by atoms with Crippen LogP contribution in [-0.2, 0) is 0 Å². The van der Waals surface area contributed by atoms with Crippen LogP contribution in [-0.4, -0.2) is 31.1 Å². The Balaban J connectivity index is 0. The van der Waals surface area contributed by atoms with Gasteiger partial charge in [-0.15, -0.1) is 0 Å². The fraction of sp³-hybridized carbons (Fsp3) is 1.00. The Morgan fingerprint density at radius 3 is 1.23 bits per heavy atom. The zero-order chi connectivity index (χ0) is 16.9. The summed E-state index contributed by atoms with van der Waals surface area (Å²) in [7, 11) is 0. The molecule has 0 aromatic carbocycles. The van der Waals surface area contributed by atoms with Crippen molar-refractivity contribution < 1.29 is 0 Å². The maximum Gasteiger partial charge on any atom is -0.00188 e. The van der Waals surface area contributed by atoms with Crippen LogP contribution in [0.4, 0.5) is 0 Å². The summed E-state index contributed by atoms with van der Waals surface area (Å²) in [4.78, 5) is 2.64. The third-order valence-electron chi connectivity index (χ3n) is 4.04. The van der Waals surface area contributed by atoms with Crippen molar-refractivity contribution in [2.45, 2.75) is 105 Å². The van der Waals surface area contributed by atoms with Gasteiger partial charge in [0.25, 0.3) is 0 Å². The molecule has 0 aliphatic heterocycles.